The SMILES string of the molecule is O=S(=O)(NCc1csc(Br)c1)N1CCCCC1. The van der Waals surface area contributed by atoms with E-state index in [1.54, 1.807) is 11.3 Å². The van der Waals surface area contributed by atoms with Gasteiger partial charge in [0.15, 0.2) is 0 Å². The van der Waals surface area contributed by atoms with Crippen molar-refractivity contribution in [1.29, 1.82) is 0 Å². The van der Waals surface area contributed by atoms with Crippen LogP contribution < -0.4 is 4.72 Å². The third-order valence-electron chi connectivity index (χ3n) is 2.74. The second-order valence-corrected chi connectivity index (χ2v) is 8.09. The molecule has 1 aromatic heterocycles. The number of hydrogen-bond acceptors (Lipinski definition) is 3. The van der Waals surface area contributed by atoms with Crippen molar-refractivity contribution < 1.29 is 8.42 Å². The number of piperidine rings is 1. The van der Waals surface area contributed by atoms with Crippen LogP contribution in [0.4, 0.5) is 0 Å². The molecule has 0 spiro atoms. The predicted molar refractivity (Wildman–Crippen MR) is 73.2 cm³/mol. The number of nitrogens with zero attached hydrogens (tertiary/aromatic N) is 1. The highest BCUT2D eigenvalue weighted by Crippen LogP contribution is 2.21. The molecule has 0 unspecified atom stereocenters. The Morgan fingerprint density at radius 1 is 1.35 bits per heavy atom. The summed E-state index contributed by atoms with van der Waals surface area (Å²) in [6.45, 7) is 1.65. The van der Waals surface area contributed by atoms with E-state index >= 15 is 0 Å². The molecule has 2 heterocycles. The number of halogens is 1. The van der Waals surface area contributed by atoms with Gasteiger partial charge in [0.1, 0.15) is 0 Å². The van der Waals surface area contributed by atoms with Crippen molar-refractivity contribution in [2.24, 2.45) is 0 Å². The van der Waals surface area contributed by atoms with E-state index in [1.807, 2.05) is 11.4 Å². The molecule has 0 bridgehead atoms. The summed E-state index contributed by atoms with van der Waals surface area (Å²) in [5.41, 5.74) is 0.988. The van der Waals surface area contributed by atoms with Crippen LogP contribution in [0.1, 0.15) is 24.8 Å². The van der Waals surface area contributed by atoms with Crippen LogP contribution in [0.3, 0.4) is 0 Å². The Hall–Kier alpha value is 0.0500. The third kappa shape index (κ3) is 3.75. The molecule has 0 atom stereocenters. The van der Waals surface area contributed by atoms with Crippen LogP contribution in [-0.4, -0.2) is 25.8 Å². The van der Waals surface area contributed by atoms with E-state index < -0.39 is 10.2 Å². The molecule has 0 aliphatic carbocycles. The van der Waals surface area contributed by atoms with Crippen LogP contribution in [0.25, 0.3) is 0 Å². The highest BCUT2D eigenvalue weighted by atomic mass is 79.9. The lowest BCUT2D eigenvalue weighted by atomic mass is 10.2. The van der Waals surface area contributed by atoms with Crippen molar-refractivity contribution >= 4 is 37.5 Å². The molecule has 1 aromatic rings. The first kappa shape index (κ1) is 13.5. The van der Waals surface area contributed by atoms with Crippen molar-refractivity contribution in [1.82, 2.24) is 9.03 Å². The zero-order valence-electron chi connectivity index (χ0n) is 9.36. The van der Waals surface area contributed by atoms with E-state index in [0.29, 0.717) is 19.6 Å². The highest BCUT2D eigenvalue weighted by molar-refractivity contribution is 9.11. The molecule has 0 amide bonds. The molecule has 1 N–H and O–H groups in total. The van der Waals surface area contributed by atoms with E-state index in [2.05, 4.69) is 20.7 Å². The van der Waals surface area contributed by atoms with Crippen LogP contribution >= 0.6 is 27.3 Å². The van der Waals surface area contributed by atoms with Gasteiger partial charge in [0.05, 0.1) is 3.79 Å². The van der Waals surface area contributed by atoms with Gasteiger partial charge in [0.2, 0.25) is 0 Å². The Labute approximate surface area is 114 Å². The summed E-state index contributed by atoms with van der Waals surface area (Å²) in [6.07, 6.45) is 3.05. The van der Waals surface area contributed by atoms with Crippen molar-refractivity contribution in [2.75, 3.05) is 13.1 Å². The first-order chi connectivity index (χ1) is 8.08. The average molecular weight is 339 g/mol. The van der Waals surface area contributed by atoms with E-state index in [9.17, 15) is 8.42 Å². The lowest BCUT2D eigenvalue weighted by Gasteiger charge is -2.25. The highest BCUT2D eigenvalue weighted by Gasteiger charge is 2.23. The van der Waals surface area contributed by atoms with Gasteiger partial charge in [-0.3, -0.25) is 0 Å². The Morgan fingerprint density at radius 2 is 2.06 bits per heavy atom. The maximum absolute atomic E-state index is 12.0. The van der Waals surface area contributed by atoms with Crippen molar-refractivity contribution in [3.63, 3.8) is 0 Å². The lowest BCUT2D eigenvalue weighted by Crippen LogP contribution is -2.43. The molecule has 0 saturated carbocycles. The Balaban J connectivity index is 1.92. The van der Waals surface area contributed by atoms with Crippen LogP contribution in [-0.2, 0) is 16.8 Å². The standard InChI is InChI=1S/C10H15BrN2O2S2/c11-10-6-9(8-16-10)7-12-17(14,15)13-4-2-1-3-5-13/h6,8,12H,1-5,7H2. The van der Waals surface area contributed by atoms with Crippen LogP contribution in [0, 0.1) is 0 Å². The molecule has 1 aliphatic rings. The minimum Gasteiger partial charge on any atom is -0.198 e. The first-order valence-corrected chi connectivity index (χ1v) is 8.67. The van der Waals surface area contributed by atoms with E-state index in [0.717, 1.165) is 28.6 Å². The van der Waals surface area contributed by atoms with Gasteiger partial charge in [-0.1, -0.05) is 6.42 Å². The fourth-order valence-electron chi connectivity index (χ4n) is 1.81. The summed E-state index contributed by atoms with van der Waals surface area (Å²) >= 11 is 4.92. The van der Waals surface area contributed by atoms with Gasteiger partial charge in [-0.2, -0.15) is 17.4 Å². The van der Waals surface area contributed by atoms with Crippen LogP contribution in [0.2, 0.25) is 0 Å². The first-order valence-electron chi connectivity index (χ1n) is 5.55. The van der Waals surface area contributed by atoms with E-state index in [1.165, 1.54) is 4.31 Å². The molecule has 17 heavy (non-hydrogen) atoms. The van der Waals surface area contributed by atoms with Crippen molar-refractivity contribution in [3.05, 3.63) is 20.8 Å². The molecular formula is C10H15BrN2O2S2. The van der Waals surface area contributed by atoms with E-state index in [-0.39, 0.29) is 0 Å². The fraction of sp³-hybridized carbons (Fsp3) is 0.600. The molecular weight excluding hydrogens is 324 g/mol. The maximum Gasteiger partial charge on any atom is 0.279 e. The topological polar surface area (TPSA) is 49.4 Å². The van der Waals surface area contributed by atoms with E-state index in [4.69, 9.17) is 0 Å². The summed E-state index contributed by atoms with van der Waals surface area (Å²) < 4.78 is 29.1. The predicted octanol–water partition coefficient (Wildman–Crippen LogP) is 2.33. The number of thiophene rings is 1. The van der Waals surface area contributed by atoms with Gasteiger partial charge in [-0.05, 0) is 45.8 Å². The zero-order valence-corrected chi connectivity index (χ0v) is 12.6. The summed E-state index contributed by atoms with van der Waals surface area (Å²) in [5, 5.41) is 1.95. The van der Waals surface area contributed by atoms with Crippen molar-refractivity contribution in [3.8, 4) is 0 Å². The molecule has 4 nitrogen and oxygen atoms in total. The number of hydrogen-bond donors (Lipinski definition) is 1. The van der Waals surface area contributed by atoms with Gasteiger partial charge in [-0.15, -0.1) is 11.3 Å². The number of rotatable bonds is 4. The van der Waals surface area contributed by atoms with Gasteiger partial charge in [-0.25, -0.2) is 0 Å². The molecule has 0 aromatic carbocycles. The molecule has 1 fully saturated rings. The molecule has 2 rings (SSSR count). The summed E-state index contributed by atoms with van der Waals surface area (Å²) in [4.78, 5) is 0. The monoisotopic (exact) mass is 338 g/mol. The molecule has 96 valence electrons. The minimum absolute atomic E-state index is 0.362. The summed E-state index contributed by atoms with van der Waals surface area (Å²) in [7, 11) is -3.30. The van der Waals surface area contributed by atoms with Gasteiger partial charge < -0.3 is 0 Å². The largest absolute Gasteiger partial charge is 0.279 e. The molecule has 1 saturated heterocycles. The summed E-state index contributed by atoms with van der Waals surface area (Å²) in [6, 6.07) is 1.93. The normalized spacial score (nSPS) is 18.4. The zero-order chi connectivity index (χ0) is 12.3. The molecule has 0 radical (unpaired) electrons. The van der Waals surface area contributed by atoms with Crippen LogP contribution in [0.5, 0.6) is 0 Å². The summed E-state index contributed by atoms with van der Waals surface area (Å²) in [5.74, 6) is 0. The lowest BCUT2D eigenvalue weighted by molar-refractivity contribution is 0.341. The smallest absolute Gasteiger partial charge is 0.198 e. The maximum atomic E-state index is 12.0. The second kappa shape index (κ2) is 5.79. The average Bonchev–Trinajstić information content (AvgIpc) is 2.74. The number of nitrogens with one attached hydrogen (secondary N) is 1. The van der Waals surface area contributed by atoms with Gasteiger partial charge in [0, 0.05) is 19.6 Å². The third-order valence-corrected chi connectivity index (χ3v) is 5.84. The van der Waals surface area contributed by atoms with Gasteiger partial charge in [0.25, 0.3) is 10.2 Å². The minimum atomic E-state index is -3.30. The fourth-order valence-corrected chi connectivity index (χ4v) is 4.29. The Kier molecular flexibility index (Phi) is 4.59. The van der Waals surface area contributed by atoms with Crippen LogP contribution in [0.15, 0.2) is 15.2 Å². The second-order valence-electron chi connectivity index (χ2n) is 4.04. The Bertz CT molecular complexity index is 466. The molecule has 1 aliphatic heterocycles. The Morgan fingerprint density at radius 3 is 2.65 bits per heavy atom. The quantitative estimate of drug-likeness (QED) is 0.915. The van der Waals surface area contributed by atoms with Crippen molar-refractivity contribution in [2.45, 2.75) is 25.8 Å². The molecule has 7 heteroatoms. The van der Waals surface area contributed by atoms with Gasteiger partial charge >= 0.3 is 0 Å².